The quantitative estimate of drug-likeness (QED) is 0.637. The summed E-state index contributed by atoms with van der Waals surface area (Å²) in [6, 6.07) is 14.4. The van der Waals surface area contributed by atoms with Crippen LogP contribution in [-0.2, 0) is 6.54 Å². The summed E-state index contributed by atoms with van der Waals surface area (Å²) in [7, 11) is 3.29. The van der Waals surface area contributed by atoms with Crippen LogP contribution in [0.3, 0.4) is 0 Å². The van der Waals surface area contributed by atoms with Gasteiger partial charge in [0.2, 0.25) is 11.7 Å². The molecule has 0 N–H and O–H groups in total. The fourth-order valence-corrected chi connectivity index (χ4v) is 2.55. The van der Waals surface area contributed by atoms with Crippen LogP contribution >= 0.6 is 0 Å². The number of rotatable bonds is 7. The maximum absolute atomic E-state index is 12.6. The lowest BCUT2D eigenvalue weighted by atomic mass is 10.2. The van der Waals surface area contributed by atoms with Crippen molar-refractivity contribution in [3.8, 4) is 22.9 Å². The summed E-state index contributed by atoms with van der Waals surface area (Å²) in [4.78, 5) is 18.4. The number of carbonyl (C=O) groups excluding carboxylic acids is 1. The van der Waals surface area contributed by atoms with Crippen LogP contribution in [0.2, 0.25) is 0 Å². The van der Waals surface area contributed by atoms with Crippen LogP contribution < -0.4 is 9.47 Å². The molecule has 0 aliphatic heterocycles. The van der Waals surface area contributed by atoms with Gasteiger partial charge in [0.1, 0.15) is 11.5 Å². The van der Waals surface area contributed by atoms with Gasteiger partial charge in [0, 0.05) is 18.2 Å². The number of carbonyl (C=O) groups is 1. The Kier molecular flexibility index (Phi) is 5.71. The Morgan fingerprint density at radius 1 is 1.15 bits per heavy atom. The van der Waals surface area contributed by atoms with Crippen LogP contribution in [0, 0.1) is 0 Å². The summed E-state index contributed by atoms with van der Waals surface area (Å²) >= 11 is 0. The second-order valence-corrected chi connectivity index (χ2v) is 5.86. The molecular weight excluding hydrogens is 346 g/mol. The molecular formula is C20H21N3O4. The predicted molar refractivity (Wildman–Crippen MR) is 99.7 cm³/mol. The van der Waals surface area contributed by atoms with Gasteiger partial charge in [-0.1, -0.05) is 17.3 Å². The van der Waals surface area contributed by atoms with Gasteiger partial charge in [-0.3, -0.25) is 4.79 Å². The summed E-state index contributed by atoms with van der Waals surface area (Å²) in [5, 5.41) is 3.98. The molecule has 0 aliphatic carbocycles. The second kappa shape index (κ2) is 8.35. The van der Waals surface area contributed by atoms with Crippen LogP contribution in [-0.4, -0.2) is 41.7 Å². The van der Waals surface area contributed by atoms with E-state index >= 15 is 0 Å². The van der Waals surface area contributed by atoms with Crippen LogP contribution in [0.25, 0.3) is 11.4 Å². The molecule has 0 unspecified atom stereocenters. The first-order valence-electron chi connectivity index (χ1n) is 8.56. The van der Waals surface area contributed by atoms with Gasteiger partial charge in [-0.15, -0.1) is 0 Å². The molecule has 0 saturated heterocycles. The Hall–Kier alpha value is -3.35. The van der Waals surface area contributed by atoms with E-state index in [-0.39, 0.29) is 12.5 Å². The number of ether oxygens (including phenoxy) is 2. The predicted octanol–water partition coefficient (Wildman–Crippen LogP) is 3.42. The average Bonchev–Trinajstić information content (AvgIpc) is 3.17. The second-order valence-electron chi connectivity index (χ2n) is 5.86. The highest BCUT2D eigenvalue weighted by Crippen LogP contribution is 2.21. The zero-order chi connectivity index (χ0) is 19.2. The molecule has 0 bridgehead atoms. The number of hydrogen-bond acceptors (Lipinski definition) is 6. The lowest BCUT2D eigenvalue weighted by Crippen LogP contribution is -2.26. The standard InChI is InChI=1S/C20H21N3O4/c1-4-26-16-10-8-14(9-11-16)20(24)23(2)13-18-21-19(22-27-18)15-6-5-7-17(12-15)25-3/h5-12H,4,13H2,1-3H3. The molecule has 0 radical (unpaired) electrons. The molecule has 7 nitrogen and oxygen atoms in total. The number of benzene rings is 2. The first-order valence-corrected chi connectivity index (χ1v) is 8.56. The van der Waals surface area contributed by atoms with E-state index in [1.807, 2.05) is 31.2 Å². The van der Waals surface area contributed by atoms with Crippen molar-refractivity contribution in [1.29, 1.82) is 0 Å². The van der Waals surface area contributed by atoms with Gasteiger partial charge in [0.05, 0.1) is 20.3 Å². The summed E-state index contributed by atoms with van der Waals surface area (Å²) in [5.74, 6) is 2.11. The summed E-state index contributed by atoms with van der Waals surface area (Å²) < 4.78 is 15.9. The van der Waals surface area contributed by atoms with E-state index in [1.165, 1.54) is 4.90 Å². The van der Waals surface area contributed by atoms with E-state index in [2.05, 4.69) is 10.1 Å². The van der Waals surface area contributed by atoms with Crippen LogP contribution in [0.1, 0.15) is 23.2 Å². The van der Waals surface area contributed by atoms with E-state index in [0.29, 0.717) is 29.6 Å². The zero-order valence-corrected chi connectivity index (χ0v) is 15.5. The van der Waals surface area contributed by atoms with Crippen molar-refractivity contribution in [2.45, 2.75) is 13.5 Å². The van der Waals surface area contributed by atoms with Crippen molar-refractivity contribution < 1.29 is 18.8 Å². The Balaban J connectivity index is 1.68. The molecule has 140 valence electrons. The normalized spacial score (nSPS) is 10.5. The van der Waals surface area contributed by atoms with Crippen molar-refractivity contribution in [3.63, 3.8) is 0 Å². The molecule has 0 saturated carbocycles. The van der Waals surface area contributed by atoms with Gasteiger partial charge in [0.15, 0.2) is 0 Å². The topological polar surface area (TPSA) is 77.7 Å². The minimum Gasteiger partial charge on any atom is -0.497 e. The molecule has 1 amide bonds. The van der Waals surface area contributed by atoms with E-state index in [0.717, 1.165) is 11.3 Å². The molecule has 1 heterocycles. The van der Waals surface area contributed by atoms with Gasteiger partial charge in [-0.25, -0.2) is 0 Å². The lowest BCUT2D eigenvalue weighted by molar-refractivity contribution is 0.0769. The molecule has 3 rings (SSSR count). The van der Waals surface area contributed by atoms with Gasteiger partial charge >= 0.3 is 0 Å². The smallest absolute Gasteiger partial charge is 0.254 e. The van der Waals surface area contributed by atoms with Crippen molar-refractivity contribution in [1.82, 2.24) is 15.0 Å². The molecule has 1 aromatic heterocycles. The molecule has 0 aliphatic rings. The fourth-order valence-electron chi connectivity index (χ4n) is 2.55. The third-order valence-corrected chi connectivity index (χ3v) is 3.93. The third-order valence-electron chi connectivity index (χ3n) is 3.93. The van der Waals surface area contributed by atoms with Crippen LogP contribution in [0.5, 0.6) is 11.5 Å². The first kappa shape index (κ1) is 18.4. The van der Waals surface area contributed by atoms with Crippen molar-refractivity contribution in [3.05, 3.63) is 60.0 Å². The zero-order valence-electron chi connectivity index (χ0n) is 15.5. The minimum atomic E-state index is -0.140. The Labute approximate surface area is 157 Å². The molecule has 7 heteroatoms. The highest BCUT2D eigenvalue weighted by molar-refractivity contribution is 5.94. The van der Waals surface area contributed by atoms with Crippen molar-refractivity contribution >= 4 is 5.91 Å². The Morgan fingerprint density at radius 3 is 2.63 bits per heavy atom. The minimum absolute atomic E-state index is 0.140. The van der Waals surface area contributed by atoms with Gasteiger partial charge in [-0.2, -0.15) is 4.98 Å². The highest BCUT2D eigenvalue weighted by atomic mass is 16.5. The number of nitrogens with zero attached hydrogens (tertiary/aromatic N) is 3. The number of hydrogen-bond donors (Lipinski definition) is 0. The summed E-state index contributed by atoms with van der Waals surface area (Å²) in [6.45, 7) is 2.71. The number of aromatic nitrogens is 2. The molecule has 0 atom stereocenters. The Bertz CT molecular complexity index is 906. The SMILES string of the molecule is CCOc1ccc(C(=O)N(C)Cc2nc(-c3cccc(OC)c3)no2)cc1. The molecule has 0 fully saturated rings. The molecule has 0 spiro atoms. The van der Waals surface area contributed by atoms with E-state index < -0.39 is 0 Å². The molecule has 27 heavy (non-hydrogen) atoms. The summed E-state index contributed by atoms with van der Waals surface area (Å²) in [6.07, 6.45) is 0. The number of methoxy groups -OCH3 is 1. The number of amides is 1. The van der Waals surface area contributed by atoms with E-state index in [1.54, 1.807) is 38.4 Å². The Morgan fingerprint density at radius 2 is 1.93 bits per heavy atom. The van der Waals surface area contributed by atoms with Gasteiger partial charge in [-0.05, 0) is 43.3 Å². The maximum atomic E-state index is 12.6. The highest BCUT2D eigenvalue weighted by Gasteiger charge is 2.16. The van der Waals surface area contributed by atoms with Gasteiger partial charge < -0.3 is 18.9 Å². The fraction of sp³-hybridized carbons (Fsp3) is 0.250. The molecule has 2 aromatic carbocycles. The van der Waals surface area contributed by atoms with Crippen molar-refractivity contribution in [2.24, 2.45) is 0 Å². The monoisotopic (exact) mass is 367 g/mol. The maximum Gasteiger partial charge on any atom is 0.254 e. The van der Waals surface area contributed by atoms with E-state index in [9.17, 15) is 4.79 Å². The first-order chi connectivity index (χ1) is 13.1. The van der Waals surface area contributed by atoms with Crippen molar-refractivity contribution in [2.75, 3.05) is 20.8 Å². The third kappa shape index (κ3) is 4.44. The van der Waals surface area contributed by atoms with Crippen LogP contribution in [0.15, 0.2) is 53.1 Å². The van der Waals surface area contributed by atoms with Crippen LogP contribution in [0.4, 0.5) is 0 Å². The van der Waals surface area contributed by atoms with Gasteiger partial charge in [0.25, 0.3) is 5.91 Å². The largest absolute Gasteiger partial charge is 0.497 e. The summed E-state index contributed by atoms with van der Waals surface area (Å²) in [5.41, 5.74) is 1.35. The average molecular weight is 367 g/mol. The lowest BCUT2D eigenvalue weighted by Gasteiger charge is -2.15. The van der Waals surface area contributed by atoms with E-state index in [4.69, 9.17) is 14.0 Å². The molecule has 3 aromatic rings.